The number of hydrogen-bond donors (Lipinski definition) is 1. The summed E-state index contributed by atoms with van der Waals surface area (Å²) in [6.07, 6.45) is 7.39. The Balaban J connectivity index is 1.64. The van der Waals surface area contributed by atoms with E-state index in [-0.39, 0.29) is 0 Å². The topological polar surface area (TPSA) is 12.0 Å². The number of benzene rings is 1. The normalized spacial score (nSPS) is 32.0. The summed E-state index contributed by atoms with van der Waals surface area (Å²) in [6, 6.07) is 9.72. The van der Waals surface area contributed by atoms with Gasteiger partial charge in [-0.15, -0.1) is 0 Å². The molecule has 1 N–H and O–H groups in total. The average Bonchev–Trinajstić information content (AvgIpc) is 2.67. The van der Waals surface area contributed by atoms with Crippen LogP contribution in [-0.4, -0.2) is 6.04 Å². The second kappa shape index (κ2) is 4.58. The van der Waals surface area contributed by atoms with Gasteiger partial charge in [-0.3, -0.25) is 0 Å². The molecule has 2 aliphatic rings. The van der Waals surface area contributed by atoms with Crippen LogP contribution in [0.3, 0.4) is 0 Å². The fraction of sp³-hybridized carbons (Fsp3) is 0.467. The highest BCUT2D eigenvalue weighted by molar-refractivity contribution is 9.10. The predicted molar refractivity (Wildman–Crippen MR) is 74.8 cm³/mol. The van der Waals surface area contributed by atoms with Crippen molar-refractivity contribution in [3.8, 4) is 0 Å². The Morgan fingerprint density at radius 1 is 1.41 bits per heavy atom. The molecule has 0 aromatic heterocycles. The number of rotatable bonds is 3. The molecule has 0 amide bonds. The van der Waals surface area contributed by atoms with Gasteiger partial charge in [0.25, 0.3) is 0 Å². The highest BCUT2D eigenvalue weighted by atomic mass is 79.9. The van der Waals surface area contributed by atoms with E-state index in [2.05, 4.69) is 64.6 Å². The van der Waals surface area contributed by atoms with Gasteiger partial charge in [-0.25, -0.2) is 0 Å². The molecule has 0 spiro atoms. The van der Waals surface area contributed by atoms with Crippen LogP contribution < -0.4 is 5.32 Å². The van der Waals surface area contributed by atoms with E-state index in [0.29, 0.717) is 12.1 Å². The minimum atomic E-state index is 0.437. The van der Waals surface area contributed by atoms with Crippen LogP contribution in [0.15, 0.2) is 40.9 Å². The summed E-state index contributed by atoms with van der Waals surface area (Å²) in [4.78, 5) is 0. The summed E-state index contributed by atoms with van der Waals surface area (Å²) in [5.41, 5.74) is 1.37. The van der Waals surface area contributed by atoms with Crippen molar-refractivity contribution >= 4 is 15.9 Å². The van der Waals surface area contributed by atoms with Gasteiger partial charge in [0.15, 0.2) is 0 Å². The summed E-state index contributed by atoms with van der Waals surface area (Å²) < 4.78 is 1.16. The van der Waals surface area contributed by atoms with E-state index in [9.17, 15) is 0 Å². The van der Waals surface area contributed by atoms with E-state index >= 15 is 0 Å². The first-order chi connectivity index (χ1) is 8.24. The molecule has 2 aliphatic carbocycles. The van der Waals surface area contributed by atoms with E-state index in [4.69, 9.17) is 0 Å². The van der Waals surface area contributed by atoms with Crippen LogP contribution in [0.4, 0.5) is 0 Å². The van der Waals surface area contributed by atoms with Crippen LogP contribution >= 0.6 is 15.9 Å². The van der Waals surface area contributed by atoms with Gasteiger partial charge in [0.1, 0.15) is 0 Å². The fourth-order valence-corrected chi connectivity index (χ4v) is 3.52. The SMILES string of the molecule is CC(NC1CC2CC=CC21)c1cccc(Br)c1. The van der Waals surface area contributed by atoms with Crippen LogP contribution in [0.1, 0.15) is 31.4 Å². The molecule has 0 heterocycles. The van der Waals surface area contributed by atoms with Crippen molar-refractivity contribution in [3.05, 3.63) is 46.5 Å². The molecular weight excluding hydrogens is 274 g/mol. The smallest absolute Gasteiger partial charge is 0.0294 e. The molecule has 1 aromatic carbocycles. The number of nitrogens with one attached hydrogen (secondary N) is 1. The van der Waals surface area contributed by atoms with E-state index < -0.39 is 0 Å². The first-order valence-corrected chi connectivity index (χ1v) is 7.21. The molecule has 0 saturated heterocycles. The van der Waals surface area contributed by atoms with Gasteiger partial charge in [0, 0.05) is 16.6 Å². The Bertz CT molecular complexity index is 440. The lowest BCUT2D eigenvalue weighted by atomic mass is 9.71. The summed E-state index contributed by atoms with van der Waals surface area (Å²) in [5, 5.41) is 3.76. The summed E-state index contributed by atoms with van der Waals surface area (Å²) in [7, 11) is 0. The molecule has 3 rings (SSSR count). The predicted octanol–water partition coefficient (Wildman–Crippen LogP) is 4.06. The zero-order valence-electron chi connectivity index (χ0n) is 10.1. The Morgan fingerprint density at radius 3 is 3.06 bits per heavy atom. The lowest BCUT2D eigenvalue weighted by Crippen LogP contribution is -2.48. The maximum Gasteiger partial charge on any atom is 0.0294 e. The van der Waals surface area contributed by atoms with Crippen LogP contribution in [0.2, 0.25) is 0 Å². The monoisotopic (exact) mass is 291 g/mol. The van der Waals surface area contributed by atoms with Crippen molar-refractivity contribution in [2.45, 2.75) is 31.8 Å². The van der Waals surface area contributed by atoms with Crippen molar-refractivity contribution in [1.82, 2.24) is 5.32 Å². The third kappa shape index (κ3) is 2.21. The lowest BCUT2D eigenvalue weighted by molar-refractivity contribution is 0.152. The summed E-state index contributed by atoms with van der Waals surface area (Å²) in [5.74, 6) is 1.73. The number of allylic oxidation sites excluding steroid dienone is 1. The molecule has 2 heteroatoms. The minimum Gasteiger partial charge on any atom is -0.307 e. The van der Waals surface area contributed by atoms with Gasteiger partial charge >= 0.3 is 0 Å². The van der Waals surface area contributed by atoms with E-state index in [0.717, 1.165) is 16.3 Å². The van der Waals surface area contributed by atoms with Crippen molar-refractivity contribution < 1.29 is 0 Å². The Hall–Kier alpha value is -0.600. The highest BCUT2D eigenvalue weighted by Crippen LogP contribution is 2.43. The molecule has 1 aromatic rings. The maximum absolute atomic E-state index is 3.76. The number of hydrogen-bond acceptors (Lipinski definition) is 1. The Labute approximate surface area is 111 Å². The van der Waals surface area contributed by atoms with Gasteiger partial charge in [-0.1, -0.05) is 40.2 Å². The first-order valence-electron chi connectivity index (χ1n) is 6.42. The van der Waals surface area contributed by atoms with Crippen molar-refractivity contribution in [3.63, 3.8) is 0 Å². The molecule has 0 bridgehead atoms. The number of fused-ring (bicyclic) bond motifs is 1. The molecule has 0 radical (unpaired) electrons. The second-order valence-electron chi connectivity index (χ2n) is 5.29. The van der Waals surface area contributed by atoms with Gasteiger partial charge in [0.05, 0.1) is 0 Å². The zero-order chi connectivity index (χ0) is 11.8. The molecule has 1 fully saturated rings. The van der Waals surface area contributed by atoms with Crippen LogP contribution in [0.25, 0.3) is 0 Å². The molecule has 90 valence electrons. The maximum atomic E-state index is 3.76. The molecule has 1 nitrogen and oxygen atoms in total. The first kappa shape index (κ1) is 11.5. The minimum absolute atomic E-state index is 0.437. The molecule has 4 unspecified atom stereocenters. The van der Waals surface area contributed by atoms with Crippen molar-refractivity contribution in [1.29, 1.82) is 0 Å². The van der Waals surface area contributed by atoms with Gasteiger partial charge < -0.3 is 5.32 Å². The Morgan fingerprint density at radius 2 is 2.29 bits per heavy atom. The van der Waals surface area contributed by atoms with E-state index in [1.807, 2.05) is 0 Å². The average molecular weight is 292 g/mol. The van der Waals surface area contributed by atoms with Crippen LogP contribution in [0, 0.1) is 11.8 Å². The van der Waals surface area contributed by atoms with E-state index in [1.165, 1.54) is 18.4 Å². The zero-order valence-corrected chi connectivity index (χ0v) is 11.7. The van der Waals surface area contributed by atoms with Crippen LogP contribution in [0.5, 0.6) is 0 Å². The fourth-order valence-electron chi connectivity index (χ4n) is 3.10. The lowest BCUT2D eigenvalue weighted by Gasteiger charge is -2.42. The molecule has 4 atom stereocenters. The molecule has 0 aliphatic heterocycles. The standard InChI is InChI=1S/C15H18BrN/c1-10(11-4-2-6-13(16)8-11)17-15-9-12-5-3-7-14(12)15/h2-4,6-8,10,12,14-15,17H,5,9H2,1H3. The largest absolute Gasteiger partial charge is 0.307 e. The van der Waals surface area contributed by atoms with Gasteiger partial charge in [-0.2, -0.15) is 0 Å². The Kier molecular flexibility index (Phi) is 3.10. The third-order valence-electron chi connectivity index (χ3n) is 4.18. The highest BCUT2D eigenvalue weighted by Gasteiger charge is 2.41. The number of halogens is 1. The van der Waals surface area contributed by atoms with Crippen molar-refractivity contribution in [2.24, 2.45) is 11.8 Å². The second-order valence-corrected chi connectivity index (χ2v) is 6.20. The molecular formula is C15H18BrN. The molecule has 1 saturated carbocycles. The van der Waals surface area contributed by atoms with Crippen LogP contribution in [-0.2, 0) is 0 Å². The van der Waals surface area contributed by atoms with E-state index in [1.54, 1.807) is 0 Å². The quantitative estimate of drug-likeness (QED) is 0.828. The van der Waals surface area contributed by atoms with Gasteiger partial charge in [-0.05, 0) is 49.3 Å². The summed E-state index contributed by atoms with van der Waals surface area (Å²) in [6.45, 7) is 2.26. The summed E-state index contributed by atoms with van der Waals surface area (Å²) >= 11 is 3.53. The van der Waals surface area contributed by atoms with Gasteiger partial charge in [0.2, 0.25) is 0 Å². The molecule has 17 heavy (non-hydrogen) atoms. The van der Waals surface area contributed by atoms with Crippen molar-refractivity contribution in [2.75, 3.05) is 0 Å². The third-order valence-corrected chi connectivity index (χ3v) is 4.67.